The van der Waals surface area contributed by atoms with Crippen LogP contribution in [0.25, 0.3) is 0 Å². The summed E-state index contributed by atoms with van der Waals surface area (Å²) in [6, 6.07) is 4.97. The molecule has 0 aromatic heterocycles. The summed E-state index contributed by atoms with van der Waals surface area (Å²) in [6.07, 6.45) is 4.16. The van der Waals surface area contributed by atoms with Crippen LogP contribution in [0, 0.1) is 5.92 Å². The molecule has 1 aliphatic carbocycles. The number of nitrogens with zero attached hydrogens (tertiary/aromatic N) is 1. The Morgan fingerprint density at radius 1 is 1.43 bits per heavy atom. The molecule has 1 heterocycles. The second-order valence-electron chi connectivity index (χ2n) is 5.45. The summed E-state index contributed by atoms with van der Waals surface area (Å²) in [7, 11) is -3.51. The smallest absolute Gasteiger partial charge is 0.240 e. The van der Waals surface area contributed by atoms with E-state index in [1.807, 2.05) is 0 Å². The van der Waals surface area contributed by atoms with Crippen molar-refractivity contribution >= 4 is 21.6 Å². The number of sulfonamides is 1. The summed E-state index contributed by atoms with van der Waals surface area (Å²) in [5.74, 6) is 0.350. The lowest BCUT2D eigenvalue weighted by Gasteiger charge is -2.17. The largest absolute Gasteiger partial charge is 0.312 e. The second kappa shape index (κ2) is 5.27. The molecule has 2 aliphatic rings. The minimum Gasteiger partial charge on any atom is -0.312 e. The molecule has 3 rings (SSSR count). The van der Waals surface area contributed by atoms with Crippen molar-refractivity contribution in [1.29, 1.82) is 0 Å². The predicted molar refractivity (Wildman–Crippen MR) is 80.6 cm³/mol. The number of anilines is 1. The van der Waals surface area contributed by atoms with Gasteiger partial charge in [-0.1, -0.05) is 6.08 Å². The van der Waals surface area contributed by atoms with Crippen molar-refractivity contribution in [2.24, 2.45) is 5.92 Å². The van der Waals surface area contributed by atoms with E-state index in [1.54, 1.807) is 23.1 Å². The van der Waals surface area contributed by atoms with Gasteiger partial charge >= 0.3 is 0 Å². The van der Waals surface area contributed by atoms with Crippen LogP contribution in [-0.4, -0.2) is 27.4 Å². The van der Waals surface area contributed by atoms with Crippen LogP contribution >= 0.6 is 0 Å². The molecule has 1 N–H and O–H groups in total. The van der Waals surface area contributed by atoms with Gasteiger partial charge in [-0.3, -0.25) is 4.79 Å². The van der Waals surface area contributed by atoms with Crippen LogP contribution in [0.5, 0.6) is 0 Å². The summed E-state index contributed by atoms with van der Waals surface area (Å²) < 4.78 is 26.6. The van der Waals surface area contributed by atoms with E-state index in [2.05, 4.69) is 11.3 Å². The number of carbonyl (C=O) groups excluding carboxylic acids is 1. The van der Waals surface area contributed by atoms with Crippen LogP contribution in [0.4, 0.5) is 5.69 Å². The quantitative estimate of drug-likeness (QED) is 0.837. The molecule has 1 fully saturated rings. The molecule has 0 atom stereocenters. The third-order valence-electron chi connectivity index (χ3n) is 3.87. The first-order valence-electron chi connectivity index (χ1n) is 7.08. The van der Waals surface area contributed by atoms with Gasteiger partial charge in [0, 0.05) is 24.7 Å². The topological polar surface area (TPSA) is 66.5 Å². The highest BCUT2D eigenvalue weighted by Gasteiger charge is 2.36. The molecule has 0 saturated heterocycles. The molecule has 21 heavy (non-hydrogen) atoms. The van der Waals surface area contributed by atoms with Gasteiger partial charge in [-0.25, -0.2) is 13.1 Å². The molecule has 0 unspecified atom stereocenters. The maximum Gasteiger partial charge on any atom is 0.240 e. The molecule has 1 aliphatic heterocycles. The average Bonchev–Trinajstić information content (AvgIpc) is 3.23. The Hall–Kier alpha value is -1.66. The molecule has 6 heteroatoms. The molecule has 0 bridgehead atoms. The van der Waals surface area contributed by atoms with Gasteiger partial charge in [-0.15, -0.1) is 6.58 Å². The highest BCUT2D eigenvalue weighted by Crippen LogP contribution is 2.37. The summed E-state index contributed by atoms with van der Waals surface area (Å²) in [6.45, 7) is 4.34. The van der Waals surface area contributed by atoms with E-state index < -0.39 is 10.0 Å². The number of rotatable bonds is 5. The molecule has 0 spiro atoms. The van der Waals surface area contributed by atoms with Gasteiger partial charge in [0.2, 0.25) is 15.9 Å². The van der Waals surface area contributed by atoms with Gasteiger partial charge in [0.1, 0.15) is 0 Å². The lowest BCUT2D eigenvalue weighted by molar-refractivity contribution is -0.119. The Kier molecular flexibility index (Phi) is 3.59. The number of benzene rings is 1. The van der Waals surface area contributed by atoms with Gasteiger partial charge in [-0.05, 0) is 43.0 Å². The number of carbonyl (C=O) groups is 1. The highest BCUT2D eigenvalue weighted by atomic mass is 32.2. The maximum absolute atomic E-state index is 12.2. The van der Waals surface area contributed by atoms with E-state index in [4.69, 9.17) is 0 Å². The minimum atomic E-state index is -3.51. The summed E-state index contributed by atoms with van der Waals surface area (Å²) in [4.78, 5) is 14.2. The standard InChI is InChI=1S/C15H18N2O3S/c1-2-8-16-21(19,20)13-5-6-14-12(10-13)7-9-17(14)15(18)11-3-4-11/h2,5-6,10-11,16H,1,3-4,7-9H2. The van der Waals surface area contributed by atoms with Gasteiger partial charge < -0.3 is 4.90 Å². The van der Waals surface area contributed by atoms with E-state index >= 15 is 0 Å². The summed E-state index contributed by atoms with van der Waals surface area (Å²) >= 11 is 0. The fraction of sp³-hybridized carbons (Fsp3) is 0.400. The van der Waals surface area contributed by atoms with Crippen molar-refractivity contribution in [3.8, 4) is 0 Å². The van der Waals surface area contributed by atoms with Crippen molar-refractivity contribution in [2.75, 3.05) is 18.0 Å². The first-order chi connectivity index (χ1) is 10.0. The van der Waals surface area contributed by atoms with Crippen LogP contribution in [0.2, 0.25) is 0 Å². The zero-order chi connectivity index (χ0) is 15.0. The molecule has 1 aromatic rings. The van der Waals surface area contributed by atoms with E-state index in [0.717, 1.165) is 24.1 Å². The molecule has 112 valence electrons. The first kappa shape index (κ1) is 14.3. The van der Waals surface area contributed by atoms with Crippen molar-refractivity contribution in [3.63, 3.8) is 0 Å². The molecule has 0 radical (unpaired) electrons. The maximum atomic E-state index is 12.2. The third kappa shape index (κ3) is 2.73. The molecule has 1 aromatic carbocycles. The Labute approximate surface area is 124 Å². The molecule has 1 amide bonds. The Morgan fingerprint density at radius 2 is 2.19 bits per heavy atom. The number of nitrogens with one attached hydrogen (secondary N) is 1. The summed E-state index contributed by atoms with van der Waals surface area (Å²) in [5.41, 5.74) is 1.78. The number of hydrogen-bond donors (Lipinski definition) is 1. The number of amides is 1. The SMILES string of the molecule is C=CCNS(=O)(=O)c1ccc2c(c1)CCN2C(=O)C1CC1. The predicted octanol–water partition coefficient (Wildman–Crippen LogP) is 1.45. The van der Waals surface area contributed by atoms with Gasteiger partial charge in [0.25, 0.3) is 0 Å². The molecule has 5 nitrogen and oxygen atoms in total. The minimum absolute atomic E-state index is 0.175. The highest BCUT2D eigenvalue weighted by molar-refractivity contribution is 7.89. The van der Waals surface area contributed by atoms with Gasteiger partial charge in [0.15, 0.2) is 0 Å². The zero-order valence-electron chi connectivity index (χ0n) is 11.7. The van der Waals surface area contributed by atoms with Crippen LogP contribution in [-0.2, 0) is 21.2 Å². The number of fused-ring (bicyclic) bond motifs is 1. The normalized spacial score (nSPS) is 17.6. The van der Waals surface area contributed by atoms with E-state index in [-0.39, 0.29) is 23.3 Å². The lowest BCUT2D eigenvalue weighted by Crippen LogP contribution is -2.30. The monoisotopic (exact) mass is 306 g/mol. The Balaban J connectivity index is 1.86. The Morgan fingerprint density at radius 3 is 2.86 bits per heavy atom. The van der Waals surface area contributed by atoms with Gasteiger partial charge in [0.05, 0.1) is 4.90 Å². The fourth-order valence-electron chi connectivity index (χ4n) is 2.58. The van der Waals surface area contributed by atoms with Crippen molar-refractivity contribution in [3.05, 3.63) is 36.4 Å². The molecule has 1 saturated carbocycles. The average molecular weight is 306 g/mol. The van der Waals surface area contributed by atoms with Crippen molar-refractivity contribution < 1.29 is 13.2 Å². The zero-order valence-corrected chi connectivity index (χ0v) is 12.5. The van der Waals surface area contributed by atoms with Crippen LogP contribution < -0.4 is 9.62 Å². The van der Waals surface area contributed by atoms with Crippen molar-refractivity contribution in [1.82, 2.24) is 4.72 Å². The van der Waals surface area contributed by atoms with E-state index in [9.17, 15) is 13.2 Å². The van der Waals surface area contributed by atoms with Gasteiger partial charge in [-0.2, -0.15) is 0 Å². The number of hydrogen-bond acceptors (Lipinski definition) is 3. The van der Waals surface area contributed by atoms with E-state index in [1.165, 1.54) is 6.08 Å². The van der Waals surface area contributed by atoms with Crippen molar-refractivity contribution in [2.45, 2.75) is 24.2 Å². The molecular weight excluding hydrogens is 288 g/mol. The summed E-state index contributed by atoms with van der Waals surface area (Å²) in [5, 5.41) is 0. The fourth-order valence-corrected chi connectivity index (χ4v) is 3.63. The van der Waals surface area contributed by atoms with E-state index in [0.29, 0.717) is 13.0 Å². The van der Waals surface area contributed by atoms with Crippen LogP contribution in [0.1, 0.15) is 18.4 Å². The second-order valence-corrected chi connectivity index (χ2v) is 7.21. The third-order valence-corrected chi connectivity index (χ3v) is 5.29. The Bertz CT molecular complexity index is 693. The van der Waals surface area contributed by atoms with Crippen LogP contribution in [0.15, 0.2) is 35.7 Å². The molecular formula is C15H18N2O3S. The lowest BCUT2D eigenvalue weighted by atomic mass is 10.2. The van der Waals surface area contributed by atoms with Crippen LogP contribution in [0.3, 0.4) is 0 Å². The first-order valence-corrected chi connectivity index (χ1v) is 8.56.